The molecule has 0 aromatic rings. The zero-order chi connectivity index (χ0) is 43.7. The molecule has 6 unspecified atom stereocenters. The van der Waals surface area contributed by atoms with Crippen LogP contribution < -0.4 is 0 Å². The molecule has 1 aliphatic heterocycles. The highest BCUT2D eigenvalue weighted by molar-refractivity contribution is 5.70. The van der Waals surface area contributed by atoms with Crippen LogP contribution in [0.4, 0.5) is 0 Å². The van der Waals surface area contributed by atoms with Crippen LogP contribution in [0.15, 0.2) is 72.9 Å². The lowest BCUT2D eigenvalue weighted by atomic mass is 9.99. The number of aliphatic hydroxyl groups is 4. The first-order valence-corrected chi connectivity index (χ1v) is 23.5. The van der Waals surface area contributed by atoms with Gasteiger partial charge in [-0.15, -0.1) is 0 Å². The molecule has 10 heteroatoms. The Labute approximate surface area is 363 Å². The molecule has 0 amide bonds. The summed E-state index contributed by atoms with van der Waals surface area (Å²) in [6.07, 6.45) is 43.3. The quantitative estimate of drug-likeness (QED) is 0.0268. The maximum Gasteiger partial charge on any atom is 0.306 e. The topological polar surface area (TPSA) is 152 Å². The van der Waals surface area contributed by atoms with Gasteiger partial charge in [0.05, 0.1) is 13.2 Å². The van der Waals surface area contributed by atoms with Crippen LogP contribution in [-0.2, 0) is 28.5 Å². The van der Waals surface area contributed by atoms with E-state index in [1.807, 2.05) is 0 Å². The summed E-state index contributed by atoms with van der Waals surface area (Å²) < 4.78 is 22.1. The minimum absolute atomic E-state index is 0.186. The Hall–Kier alpha value is -2.86. The number of hydrogen-bond donors (Lipinski definition) is 4. The van der Waals surface area contributed by atoms with E-state index in [0.29, 0.717) is 12.8 Å². The van der Waals surface area contributed by atoms with Crippen LogP contribution in [0.5, 0.6) is 0 Å². The number of ether oxygens (including phenoxy) is 4. The van der Waals surface area contributed by atoms with Crippen LogP contribution in [0.3, 0.4) is 0 Å². The highest BCUT2D eigenvalue weighted by Crippen LogP contribution is 2.22. The molecule has 1 fully saturated rings. The van der Waals surface area contributed by atoms with Crippen molar-refractivity contribution in [2.45, 2.75) is 211 Å². The van der Waals surface area contributed by atoms with Gasteiger partial charge < -0.3 is 39.4 Å². The maximum absolute atomic E-state index is 12.8. The van der Waals surface area contributed by atoms with Gasteiger partial charge in [-0.25, -0.2) is 0 Å². The van der Waals surface area contributed by atoms with E-state index in [1.54, 1.807) is 0 Å². The third-order valence-electron chi connectivity index (χ3n) is 10.3. The van der Waals surface area contributed by atoms with Crippen LogP contribution in [0.25, 0.3) is 0 Å². The monoisotopic (exact) mass is 845 g/mol. The molecule has 0 bridgehead atoms. The summed E-state index contributed by atoms with van der Waals surface area (Å²) in [5, 5.41) is 40.1. The fraction of sp³-hybridized carbons (Fsp3) is 0.720. The molecule has 344 valence electrons. The van der Waals surface area contributed by atoms with Crippen LogP contribution in [0.2, 0.25) is 0 Å². The fourth-order valence-electron chi connectivity index (χ4n) is 6.62. The van der Waals surface area contributed by atoms with E-state index in [-0.39, 0.29) is 26.1 Å². The molecule has 6 atom stereocenters. The molecule has 1 rings (SSSR count). The lowest BCUT2D eigenvalue weighted by Crippen LogP contribution is -2.59. The molecule has 0 aromatic heterocycles. The summed E-state index contributed by atoms with van der Waals surface area (Å²) in [5.74, 6) is -0.858. The maximum atomic E-state index is 12.8. The normalized spacial score (nSPS) is 20.5. The van der Waals surface area contributed by atoms with Gasteiger partial charge in [0.25, 0.3) is 0 Å². The molecular formula is C50H84O10. The zero-order valence-corrected chi connectivity index (χ0v) is 37.4. The van der Waals surface area contributed by atoms with Crippen molar-refractivity contribution in [3.05, 3.63) is 72.9 Å². The van der Waals surface area contributed by atoms with Gasteiger partial charge >= 0.3 is 11.9 Å². The first-order valence-electron chi connectivity index (χ1n) is 23.5. The summed E-state index contributed by atoms with van der Waals surface area (Å²) in [6, 6.07) is 0. The molecule has 10 nitrogen and oxygen atoms in total. The number of allylic oxidation sites excluding steroid dienone is 12. The first kappa shape index (κ1) is 55.2. The molecule has 0 aliphatic carbocycles. The van der Waals surface area contributed by atoms with E-state index < -0.39 is 55.4 Å². The Morgan fingerprint density at radius 2 is 0.983 bits per heavy atom. The molecule has 1 saturated heterocycles. The van der Waals surface area contributed by atoms with Gasteiger partial charge in [-0.1, -0.05) is 151 Å². The van der Waals surface area contributed by atoms with Crippen molar-refractivity contribution in [2.24, 2.45) is 0 Å². The molecule has 0 saturated carbocycles. The number of unbranched alkanes of at least 4 members (excludes halogenated alkanes) is 15. The molecule has 0 aromatic carbocycles. The van der Waals surface area contributed by atoms with Crippen LogP contribution in [-0.4, -0.2) is 89.0 Å². The Kier molecular flexibility index (Phi) is 37.0. The zero-order valence-electron chi connectivity index (χ0n) is 37.4. The minimum atomic E-state index is -1.61. The Morgan fingerprint density at radius 3 is 1.52 bits per heavy atom. The molecule has 4 N–H and O–H groups in total. The lowest BCUT2D eigenvalue weighted by molar-refractivity contribution is -0.305. The molecule has 0 radical (unpaired) electrons. The third-order valence-corrected chi connectivity index (χ3v) is 10.3. The standard InChI is InChI=1S/C50H84O10/c1-3-5-7-9-11-13-15-17-19-21-22-23-25-27-29-31-33-35-37-39-46(53)59-43(42-58-50-49(56)48(55)47(54)44(40-51)60-50)41-57-45(52)38-36-34-32-30-28-26-24-20-18-16-14-12-10-8-6-4-2/h5,7,11,13,17,19-20,22-24,27,29,43-44,47-51,54-56H,3-4,6,8-10,12,14-16,18,21,25-26,28,30-42H2,1-2H3/b7-5-,13-11-,19-17-,23-22-,24-20-,29-27-. The Balaban J connectivity index is 2.35. The number of carbonyl (C=O) groups excluding carboxylic acids is 2. The number of rotatable bonds is 38. The summed E-state index contributed by atoms with van der Waals surface area (Å²) in [6.45, 7) is 3.26. The molecular weight excluding hydrogens is 761 g/mol. The van der Waals surface area contributed by atoms with E-state index in [1.165, 1.54) is 51.4 Å². The van der Waals surface area contributed by atoms with Crippen LogP contribution in [0.1, 0.15) is 174 Å². The summed E-state index contributed by atoms with van der Waals surface area (Å²) >= 11 is 0. The third kappa shape index (κ3) is 31.1. The average Bonchev–Trinajstić information content (AvgIpc) is 3.25. The molecule has 60 heavy (non-hydrogen) atoms. The van der Waals surface area contributed by atoms with Crippen molar-refractivity contribution in [3.63, 3.8) is 0 Å². The largest absolute Gasteiger partial charge is 0.462 e. The second-order valence-electron chi connectivity index (χ2n) is 15.8. The first-order chi connectivity index (χ1) is 29.3. The van der Waals surface area contributed by atoms with E-state index >= 15 is 0 Å². The number of aliphatic hydroxyl groups excluding tert-OH is 4. The van der Waals surface area contributed by atoms with Crippen molar-refractivity contribution < 1.29 is 49.0 Å². The highest BCUT2D eigenvalue weighted by atomic mass is 16.7. The van der Waals surface area contributed by atoms with Gasteiger partial charge in [-0.2, -0.15) is 0 Å². The average molecular weight is 845 g/mol. The van der Waals surface area contributed by atoms with Crippen molar-refractivity contribution in [1.29, 1.82) is 0 Å². The summed E-state index contributed by atoms with van der Waals surface area (Å²) in [4.78, 5) is 25.4. The van der Waals surface area contributed by atoms with Gasteiger partial charge in [0, 0.05) is 12.8 Å². The SMILES string of the molecule is CC/C=C\C/C=C\C/C=C\C/C=C\C/C=C\CCCCCC(=O)OC(COC(=O)CCCCCCC/C=C\CCCCCCCCC)COC1OC(CO)C(O)C(O)C1O. The molecule has 0 spiro atoms. The number of esters is 2. The van der Waals surface area contributed by atoms with Gasteiger partial charge in [0.1, 0.15) is 31.0 Å². The molecule has 1 aliphatic rings. The summed E-state index contributed by atoms with van der Waals surface area (Å²) in [5.41, 5.74) is 0. The minimum Gasteiger partial charge on any atom is -0.462 e. The van der Waals surface area contributed by atoms with E-state index in [0.717, 1.165) is 83.5 Å². The van der Waals surface area contributed by atoms with Crippen molar-refractivity contribution in [1.82, 2.24) is 0 Å². The second-order valence-corrected chi connectivity index (χ2v) is 15.8. The smallest absolute Gasteiger partial charge is 0.306 e. The highest BCUT2D eigenvalue weighted by Gasteiger charge is 2.44. The Morgan fingerprint density at radius 1 is 0.533 bits per heavy atom. The number of hydrogen-bond acceptors (Lipinski definition) is 10. The fourth-order valence-corrected chi connectivity index (χ4v) is 6.62. The van der Waals surface area contributed by atoms with E-state index in [4.69, 9.17) is 18.9 Å². The molecule has 1 heterocycles. The summed E-state index contributed by atoms with van der Waals surface area (Å²) in [7, 11) is 0. The Bertz CT molecular complexity index is 1210. The predicted octanol–water partition coefficient (Wildman–Crippen LogP) is 10.4. The second kappa shape index (κ2) is 40.2. The van der Waals surface area contributed by atoms with Crippen molar-refractivity contribution >= 4 is 11.9 Å². The van der Waals surface area contributed by atoms with Gasteiger partial charge in [0.2, 0.25) is 0 Å². The van der Waals surface area contributed by atoms with Gasteiger partial charge in [-0.3, -0.25) is 9.59 Å². The van der Waals surface area contributed by atoms with Gasteiger partial charge in [-0.05, 0) is 83.5 Å². The van der Waals surface area contributed by atoms with Crippen LogP contribution >= 0.6 is 0 Å². The van der Waals surface area contributed by atoms with Gasteiger partial charge in [0.15, 0.2) is 12.4 Å². The van der Waals surface area contributed by atoms with E-state index in [9.17, 15) is 30.0 Å². The van der Waals surface area contributed by atoms with Crippen molar-refractivity contribution in [2.75, 3.05) is 19.8 Å². The van der Waals surface area contributed by atoms with Crippen molar-refractivity contribution in [3.8, 4) is 0 Å². The van der Waals surface area contributed by atoms with Crippen LogP contribution in [0, 0.1) is 0 Å². The number of carbonyl (C=O) groups is 2. The lowest BCUT2D eigenvalue weighted by Gasteiger charge is -2.39. The van der Waals surface area contributed by atoms with E-state index in [2.05, 4.69) is 86.8 Å². The predicted molar refractivity (Wildman–Crippen MR) is 242 cm³/mol.